The Morgan fingerprint density at radius 2 is 2.07 bits per heavy atom. The molecule has 2 heterocycles. The Kier molecular flexibility index (Phi) is 6.56. The van der Waals surface area contributed by atoms with Gasteiger partial charge >= 0.3 is 0 Å². The fourth-order valence-corrected chi connectivity index (χ4v) is 3.06. The number of nitrogens with two attached hydrogens (primary N) is 2. The molecule has 1 aromatic carbocycles. The molecule has 0 bridgehead atoms. The zero-order valence-electron chi connectivity index (χ0n) is 16.3. The Bertz CT molecular complexity index is 1010. The largest absolute Gasteiger partial charge is 0.365 e. The minimum Gasteiger partial charge on any atom is -0.365 e. The number of pyridine rings is 2. The van der Waals surface area contributed by atoms with Gasteiger partial charge in [0.05, 0.1) is 11.1 Å². The van der Waals surface area contributed by atoms with E-state index in [1.807, 2.05) is 30.3 Å². The number of nitrogens with zero attached hydrogens (tertiary/aromatic N) is 2. The molecule has 0 aliphatic rings. The summed E-state index contributed by atoms with van der Waals surface area (Å²) in [6.07, 6.45) is 4.49. The first kappa shape index (κ1) is 20.5. The second-order valence-corrected chi connectivity index (χ2v) is 6.83. The van der Waals surface area contributed by atoms with E-state index in [9.17, 15) is 9.18 Å². The van der Waals surface area contributed by atoms with Crippen molar-refractivity contribution in [3.05, 3.63) is 54.0 Å². The summed E-state index contributed by atoms with van der Waals surface area (Å²) in [6.45, 7) is 2.42. The highest BCUT2D eigenvalue weighted by Gasteiger charge is 2.18. The summed E-state index contributed by atoms with van der Waals surface area (Å²) in [7, 11) is 0. The smallest absolute Gasteiger partial charge is 0.252 e. The van der Waals surface area contributed by atoms with Crippen LogP contribution in [0.25, 0.3) is 10.9 Å². The lowest BCUT2D eigenvalue weighted by molar-refractivity contribution is 0.100. The number of nitrogens with one attached hydrogen (secondary N) is 2. The summed E-state index contributed by atoms with van der Waals surface area (Å²) in [6, 6.07) is 10.3. The van der Waals surface area contributed by atoms with Gasteiger partial charge in [-0.3, -0.25) is 9.78 Å². The van der Waals surface area contributed by atoms with Crippen LogP contribution in [0.2, 0.25) is 0 Å². The summed E-state index contributed by atoms with van der Waals surface area (Å²) in [4.78, 5) is 20.4. The van der Waals surface area contributed by atoms with Crippen molar-refractivity contribution in [3.8, 4) is 0 Å². The van der Waals surface area contributed by atoms with E-state index in [-0.39, 0.29) is 23.2 Å². The van der Waals surface area contributed by atoms with Crippen LogP contribution in [-0.2, 0) is 0 Å². The molecule has 0 aliphatic carbocycles. The Balaban J connectivity index is 1.93. The Morgan fingerprint density at radius 3 is 2.79 bits per heavy atom. The SMILES string of the molecule is CCCCC(CN)Nc1nc(Nc2ccc3ncccc3c2)c(C(N)=O)cc1F. The molecule has 152 valence electrons. The third-order valence-electron chi connectivity index (χ3n) is 4.64. The number of unbranched alkanes of at least 4 members (excludes halogenated alkanes) is 1. The van der Waals surface area contributed by atoms with Crippen LogP contribution in [0.5, 0.6) is 0 Å². The van der Waals surface area contributed by atoms with Gasteiger partial charge in [-0.05, 0) is 36.8 Å². The first-order valence-corrected chi connectivity index (χ1v) is 9.60. The zero-order chi connectivity index (χ0) is 20.8. The highest BCUT2D eigenvalue weighted by Crippen LogP contribution is 2.26. The number of hydrogen-bond acceptors (Lipinski definition) is 6. The van der Waals surface area contributed by atoms with E-state index in [1.165, 1.54) is 0 Å². The van der Waals surface area contributed by atoms with Crippen molar-refractivity contribution in [2.45, 2.75) is 32.2 Å². The van der Waals surface area contributed by atoms with E-state index in [0.717, 1.165) is 36.2 Å². The van der Waals surface area contributed by atoms with Crippen molar-refractivity contribution in [1.29, 1.82) is 0 Å². The summed E-state index contributed by atoms with van der Waals surface area (Å²) in [5, 5.41) is 7.03. The lowest BCUT2D eigenvalue weighted by Gasteiger charge is -2.19. The van der Waals surface area contributed by atoms with Crippen LogP contribution < -0.4 is 22.1 Å². The molecular weight excluding hydrogens is 371 g/mol. The van der Waals surface area contributed by atoms with E-state index in [2.05, 4.69) is 27.5 Å². The molecule has 2 aromatic heterocycles. The summed E-state index contributed by atoms with van der Waals surface area (Å²) in [5.74, 6) is -1.21. The number of primary amides is 1. The second kappa shape index (κ2) is 9.29. The zero-order valence-corrected chi connectivity index (χ0v) is 16.3. The standard InChI is InChI=1S/C21H25FN6O/c1-2-3-6-15(12-23)27-21-17(22)11-16(19(24)29)20(28-21)26-14-7-8-18-13(10-14)5-4-9-25-18/h4-5,7-11,15H,2-3,6,12,23H2,1H3,(H2,24,29)(H2,26,27,28). The molecule has 6 N–H and O–H groups in total. The average Bonchev–Trinajstić information content (AvgIpc) is 2.72. The molecule has 3 aromatic rings. The number of carbonyl (C=O) groups excluding carboxylic acids is 1. The van der Waals surface area contributed by atoms with Crippen molar-refractivity contribution in [2.75, 3.05) is 17.2 Å². The van der Waals surface area contributed by atoms with Gasteiger partial charge in [-0.1, -0.05) is 25.8 Å². The molecule has 1 unspecified atom stereocenters. The number of amides is 1. The Hall–Kier alpha value is -3.26. The first-order chi connectivity index (χ1) is 14.0. The maximum atomic E-state index is 14.5. The average molecular weight is 396 g/mol. The summed E-state index contributed by atoms with van der Waals surface area (Å²) < 4.78 is 14.5. The lowest BCUT2D eigenvalue weighted by atomic mass is 10.1. The maximum Gasteiger partial charge on any atom is 0.252 e. The third-order valence-corrected chi connectivity index (χ3v) is 4.64. The van der Waals surface area contributed by atoms with Crippen LogP contribution in [0, 0.1) is 5.82 Å². The minimum absolute atomic E-state index is 0.0304. The summed E-state index contributed by atoms with van der Waals surface area (Å²) >= 11 is 0. The van der Waals surface area contributed by atoms with E-state index in [0.29, 0.717) is 12.2 Å². The van der Waals surface area contributed by atoms with Crippen molar-refractivity contribution >= 4 is 34.1 Å². The van der Waals surface area contributed by atoms with Gasteiger partial charge in [0.15, 0.2) is 11.6 Å². The number of hydrogen-bond donors (Lipinski definition) is 4. The fourth-order valence-electron chi connectivity index (χ4n) is 3.06. The summed E-state index contributed by atoms with van der Waals surface area (Å²) in [5.41, 5.74) is 12.7. The van der Waals surface area contributed by atoms with Gasteiger partial charge in [-0.15, -0.1) is 0 Å². The molecule has 0 fully saturated rings. The highest BCUT2D eigenvalue weighted by atomic mass is 19.1. The van der Waals surface area contributed by atoms with Crippen molar-refractivity contribution in [2.24, 2.45) is 11.5 Å². The van der Waals surface area contributed by atoms with Crippen LogP contribution in [0.3, 0.4) is 0 Å². The van der Waals surface area contributed by atoms with Gasteiger partial charge in [-0.25, -0.2) is 9.37 Å². The van der Waals surface area contributed by atoms with Crippen LogP contribution in [0.15, 0.2) is 42.6 Å². The molecule has 0 spiro atoms. The highest BCUT2D eigenvalue weighted by molar-refractivity contribution is 5.99. The molecule has 8 heteroatoms. The van der Waals surface area contributed by atoms with Gasteiger partial charge < -0.3 is 22.1 Å². The van der Waals surface area contributed by atoms with Gasteiger partial charge in [0.1, 0.15) is 5.82 Å². The topological polar surface area (TPSA) is 119 Å². The first-order valence-electron chi connectivity index (χ1n) is 9.60. The molecule has 3 rings (SSSR count). The van der Waals surface area contributed by atoms with E-state index >= 15 is 0 Å². The number of rotatable bonds is 9. The maximum absolute atomic E-state index is 14.5. The number of halogens is 1. The Labute approximate surface area is 168 Å². The molecule has 0 aliphatic heterocycles. The third kappa shape index (κ3) is 4.97. The number of anilines is 3. The number of fused-ring (bicyclic) bond motifs is 1. The normalized spacial score (nSPS) is 12.0. The second-order valence-electron chi connectivity index (χ2n) is 6.83. The molecule has 0 saturated heterocycles. The minimum atomic E-state index is -0.769. The molecule has 1 amide bonds. The van der Waals surface area contributed by atoms with Crippen LogP contribution in [0.4, 0.5) is 21.7 Å². The quantitative estimate of drug-likeness (QED) is 0.439. The Morgan fingerprint density at radius 1 is 1.24 bits per heavy atom. The predicted molar refractivity (Wildman–Crippen MR) is 114 cm³/mol. The van der Waals surface area contributed by atoms with Crippen molar-refractivity contribution in [3.63, 3.8) is 0 Å². The molecule has 1 atom stereocenters. The monoisotopic (exact) mass is 396 g/mol. The number of aromatic nitrogens is 2. The van der Waals surface area contributed by atoms with E-state index < -0.39 is 11.7 Å². The van der Waals surface area contributed by atoms with Crippen molar-refractivity contribution in [1.82, 2.24) is 9.97 Å². The van der Waals surface area contributed by atoms with Gasteiger partial charge in [-0.2, -0.15) is 0 Å². The van der Waals surface area contributed by atoms with Gasteiger partial charge in [0.25, 0.3) is 5.91 Å². The van der Waals surface area contributed by atoms with Gasteiger partial charge in [0.2, 0.25) is 0 Å². The lowest BCUT2D eigenvalue weighted by Crippen LogP contribution is -2.30. The fraction of sp³-hybridized carbons (Fsp3) is 0.286. The molecule has 0 radical (unpaired) electrons. The molecule has 0 saturated carbocycles. The predicted octanol–water partition coefficient (Wildman–Crippen LogP) is 3.54. The van der Waals surface area contributed by atoms with Crippen LogP contribution >= 0.6 is 0 Å². The van der Waals surface area contributed by atoms with Crippen LogP contribution in [-0.4, -0.2) is 28.5 Å². The molecular formula is C21H25FN6O. The molecule has 29 heavy (non-hydrogen) atoms. The number of benzene rings is 1. The molecule has 7 nitrogen and oxygen atoms in total. The number of carbonyl (C=O) groups is 1. The van der Waals surface area contributed by atoms with E-state index in [1.54, 1.807) is 6.20 Å². The van der Waals surface area contributed by atoms with Crippen LogP contribution in [0.1, 0.15) is 36.5 Å². The van der Waals surface area contributed by atoms with Crippen molar-refractivity contribution < 1.29 is 9.18 Å². The van der Waals surface area contributed by atoms with E-state index in [4.69, 9.17) is 11.5 Å². The van der Waals surface area contributed by atoms with Gasteiger partial charge in [0, 0.05) is 29.9 Å².